The Labute approximate surface area is 181 Å². The number of hydrogen-bond acceptors (Lipinski definition) is 5. The van der Waals surface area contributed by atoms with Gasteiger partial charge in [0.2, 0.25) is 11.8 Å². The second-order valence-corrected chi connectivity index (χ2v) is 8.34. The summed E-state index contributed by atoms with van der Waals surface area (Å²) in [4.78, 5) is 38.0. The molecule has 31 heavy (non-hydrogen) atoms. The van der Waals surface area contributed by atoms with Crippen LogP contribution in [0.25, 0.3) is 0 Å². The summed E-state index contributed by atoms with van der Waals surface area (Å²) in [6.07, 6.45) is 2.65. The van der Waals surface area contributed by atoms with E-state index in [-0.39, 0.29) is 30.9 Å². The van der Waals surface area contributed by atoms with Crippen molar-refractivity contribution in [3.8, 4) is 5.75 Å². The Balaban J connectivity index is 1.40. The molecule has 1 unspecified atom stereocenters. The van der Waals surface area contributed by atoms with Gasteiger partial charge in [-0.3, -0.25) is 25.2 Å². The lowest BCUT2D eigenvalue weighted by Gasteiger charge is -2.23. The summed E-state index contributed by atoms with van der Waals surface area (Å²) in [6.45, 7) is 6.86. The smallest absolute Gasteiger partial charge is 0.276 e. The van der Waals surface area contributed by atoms with Gasteiger partial charge in [0.1, 0.15) is 11.5 Å². The van der Waals surface area contributed by atoms with Gasteiger partial charge in [-0.05, 0) is 41.7 Å². The zero-order valence-corrected chi connectivity index (χ0v) is 18.1. The lowest BCUT2D eigenvalue weighted by molar-refractivity contribution is -0.132. The molecule has 8 heteroatoms. The predicted octanol–water partition coefficient (Wildman–Crippen LogP) is 2.54. The maximum absolute atomic E-state index is 12.3. The van der Waals surface area contributed by atoms with E-state index >= 15 is 0 Å². The molecular formula is C23H29N3O5. The monoisotopic (exact) mass is 427 g/mol. The van der Waals surface area contributed by atoms with Crippen LogP contribution >= 0.6 is 0 Å². The van der Waals surface area contributed by atoms with Crippen LogP contribution in [0, 0.1) is 5.92 Å². The van der Waals surface area contributed by atoms with Crippen LogP contribution in [-0.2, 0) is 26.3 Å². The van der Waals surface area contributed by atoms with Crippen LogP contribution in [0.4, 0.5) is 0 Å². The number of carbonyl (C=O) groups excluding carboxylic acids is 3. The Kier molecular flexibility index (Phi) is 6.99. The van der Waals surface area contributed by atoms with Crippen molar-refractivity contribution in [2.75, 3.05) is 13.2 Å². The van der Waals surface area contributed by atoms with Crippen LogP contribution in [-0.4, -0.2) is 35.8 Å². The average Bonchev–Trinajstić information content (AvgIpc) is 3.41. The molecule has 0 spiro atoms. The van der Waals surface area contributed by atoms with E-state index in [0.29, 0.717) is 18.1 Å². The molecule has 8 nitrogen and oxygen atoms in total. The van der Waals surface area contributed by atoms with Gasteiger partial charge in [-0.15, -0.1) is 0 Å². The molecule has 166 valence electrons. The lowest BCUT2D eigenvalue weighted by Crippen LogP contribution is -2.46. The van der Waals surface area contributed by atoms with Crippen LogP contribution < -0.4 is 15.6 Å². The SMILES string of the molecule is CCC(C)(C)c1ccc(OCC(=O)NNC(=O)C2CC(=O)N(Cc3ccco3)C2)cc1. The van der Waals surface area contributed by atoms with E-state index in [0.717, 1.165) is 6.42 Å². The molecule has 0 saturated carbocycles. The number of likely N-dealkylation sites (tertiary alicyclic amines) is 1. The van der Waals surface area contributed by atoms with E-state index in [1.165, 1.54) is 11.8 Å². The normalized spacial score (nSPS) is 16.3. The minimum absolute atomic E-state index is 0.0787. The molecule has 3 amide bonds. The molecule has 1 aliphatic heterocycles. The third kappa shape index (κ3) is 5.87. The van der Waals surface area contributed by atoms with E-state index < -0.39 is 17.7 Å². The van der Waals surface area contributed by atoms with Gasteiger partial charge in [0.15, 0.2) is 6.61 Å². The van der Waals surface area contributed by atoms with E-state index in [4.69, 9.17) is 9.15 Å². The Morgan fingerprint density at radius 3 is 2.58 bits per heavy atom. The van der Waals surface area contributed by atoms with Crippen molar-refractivity contribution in [2.24, 2.45) is 5.92 Å². The van der Waals surface area contributed by atoms with Crippen molar-refractivity contribution in [1.82, 2.24) is 15.8 Å². The third-order valence-electron chi connectivity index (χ3n) is 5.73. The van der Waals surface area contributed by atoms with E-state index in [2.05, 4.69) is 31.6 Å². The van der Waals surface area contributed by atoms with Gasteiger partial charge in [-0.1, -0.05) is 32.9 Å². The third-order valence-corrected chi connectivity index (χ3v) is 5.73. The highest BCUT2D eigenvalue weighted by Gasteiger charge is 2.34. The number of amides is 3. The molecule has 1 saturated heterocycles. The Morgan fingerprint density at radius 2 is 1.94 bits per heavy atom. The predicted molar refractivity (Wildman–Crippen MR) is 114 cm³/mol. The lowest BCUT2D eigenvalue weighted by atomic mass is 9.82. The number of nitrogens with one attached hydrogen (secondary N) is 2. The van der Waals surface area contributed by atoms with Crippen molar-refractivity contribution in [3.05, 3.63) is 54.0 Å². The summed E-state index contributed by atoms with van der Waals surface area (Å²) >= 11 is 0. The minimum atomic E-state index is -0.529. The highest BCUT2D eigenvalue weighted by atomic mass is 16.5. The van der Waals surface area contributed by atoms with E-state index in [1.54, 1.807) is 17.0 Å². The van der Waals surface area contributed by atoms with Gasteiger partial charge < -0.3 is 14.1 Å². The zero-order valence-electron chi connectivity index (χ0n) is 18.1. The van der Waals surface area contributed by atoms with Crippen LogP contribution in [0.5, 0.6) is 5.75 Å². The van der Waals surface area contributed by atoms with Crippen molar-refractivity contribution >= 4 is 17.7 Å². The van der Waals surface area contributed by atoms with Gasteiger partial charge in [0, 0.05) is 13.0 Å². The first-order valence-electron chi connectivity index (χ1n) is 10.4. The number of rotatable bonds is 8. The average molecular weight is 428 g/mol. The number of hydrazine groups is 1. The van der Waals surface area contributed by atoms with Gasteiger partial charge in [0.05, 0.1) is 18.7 Å². The molecule has 0 bridgehead atoms. The molecule has 1 fully saturated rings. The molecule has 2 N–H and O–H groups in total. The van der Waals surface area contributed by atoms with Crippen LogP contribution in [0.15, 0.2) is 47.1 Å². The van der Waals surface area contributed by atoms with Gasteiger partial charge >= 0.3 is 0 Å². The first kappa shape index (κ1) is 22.4. The van der Waals surface area contributed by atoms with Crippen molar-refractivity contribution in [1.29, 1.82) is 0 Å². The molecule has 1 aromatic carbocycles. The maximum atomic E-state index is 12.3. The van der Waals surface area contributed by atoms with Crippen LogP contribution in [0.1, 0.15) is 44.9 Å². The van der Waals surface area contributed by atoms with Gasteiger partial charge in [-0.2, -0.15) is 0 Å². The number of furan rings is 1. The summed E-state index contributed by atoms with van der Waals surface area (Å²) in [5.41, 5.74) is 5.99. The second-order valence-electron chi connectivity index (χ2n) is 8.34. The maximum Gasteiger partial charge on any atom is 0.276 e. The molecule has 2 aromatic rings. The summed E-state index contributed by atoms with van der Waals surface area (Å²) in [5.74, 6) is -0.310. The molecule has 1 aliphatic rings. The van der Waals surface area contributed by atoms with Crippen molar-refractivity contribution in [2.45, 2.75) is 45.6 Å². The quantitative estimate of drug-likeness (QED) is 0.631. The summed E-state index contributed by atoms with van der Waals surface area (Å²) < 4.78 is 10.7. The number of carbonyl (C=O) groups is 3. The Bertz CT molecular complexity index is 906. The number of hydrogen-bond donors (Lipinski definition) is 2. The van der Waals surface area contributed by atoms with Crippen LogP contribution in [0.2, 0.25) is 0 Å². The Morgan fingerprint density at radius 1 is 1.19 bits per heavy atom. The van der Waals surface area contributed by atoms with E-state index in [9.17, 15) is 14.4 Å². The summed E-state index contributed by atoms with van der Waals surface area (Å²) in [5, 5.41) is 0. The van der Waals surface area contributed by atoms with Gasteiger partial charge in [-0.25, -0.2) is 0 Å². The van der Waals surface area contributed by atoms with E-state index in [1.807, 2.05) is 24.3 Å². The molecule has 0 radical (unpaired) electrons. The molecule has 0 aliphatic carbocycles. The largest absolute Gasteiger partial charge is 0.484 e. The number of benzene rings is 1. The minimum Gasteiger partial charge on any atom is -0.484 e. The van der Waals surface area contributed by atoms with Crippen LogP contribution in [0.3, 0.4) is 0 Å². The van der Waals surface area contributed by atoms with Gasteiger partial charge in [0.25, 0.3) is 5.91 Å². The molecule has 2 heterocycles. The Hall–Kier alpha value is -3.29. The first-order valence-corrected chi connectivity index (χ1v) is 10.4. The molecule has 1 atom stereocenters. The summed E-state index contributed by atoms with van der Waals surface area (Å²) in [7, 11) is 0. The summed E-state index contributed by atoms with van der Waals surface area (Å²) in [6, 6.07) is 11.2. The zero-order chi connectivity index (χ0) is 22.4. The van der Waals surface area contributed by atoms with Crippen molar-refractivity contribution < 1.29 is 23.5 Å². The topological polar surface area (TPSA) is 101 Å². The molecule has 3 rings (SSSR count). The molecular weight excluding hydrogens is 398 g/mol. The first-order chi connectivity index (χ1) is 14.8. The molecule has 1 aromatic heterocycles. The number of ether oxygens (including phenoxy) is 1. The second kappa shape index (κ2) is 9.68. The highest BCUT2D eigenvalue weighted by molar-refractivity contribution is 5.90. The standard InChI is InChI=1S/C23H29N3O5/c1-4-23(2,3)17-7-9-18(10-8-17)31-15-20(27)24-25-22(29)16-12-21(28)26(13-16)14-19-6-5-11-30-19/h5-11,16H,4,12-15H2,1-3H3,(H,24,27)(H,25,29). The number of nitrogens with zero attached hydrogens (tertiary/aromatic N) is 1. The fourth-order valence-electron chi connectivity index (χ4n) is 3.32. The van der Waals surface area contributed by atoms with Crippen molar-refractivity contribution in [3.63, 3.8) is 0 Å². The highest BCUT2D eigenvalue weighted by Crippen LogP contribution is 2.28. The fourth-order valence-corrected chi connectivity index (χ4v) is 3.32. The fraction of sp³-hybridized carbons (Fsp3) is 0.435.